The largest absolute Gasteiger partial charge is 2.00 e. The summed E-state index contributed by atoms with van der Waals surface area (Å²) in [6.45, 7) is 15.3. The van der Waals surface area contributed by atoms with Crippen molar-refractivity contribution in [1.29, 1.82) is 0 Å². The Labute approximate surface area is 793 Å². The third-order valence-electron chi connectivity index (χ3n) is 10.7. The molecule has 6 aliphatic carbocycles. The molecule has 6 rings (SSSR count). The van der Waals surface area contributed by atoms with Crippen molar-refractivity contribution in [3.8, 4) is 0 Å². The topological polar surface area (TPSA) is 889 Å². The Morgan fingerprint density at radius 2 is 0.416 bits per heavy atom. The van der Waals surface area contributed by atoms with Crippen LogP contribution >= 0.6 is 113 Å². The molecule has 0 heterocycles. The Kier molecular flexibility index (Phi) is 341. The molecule has 6 fully saturated rings. The summed E-state index contributed by atoms with van der Waals surface area (Å²) in [7, 11) is 58.5. The quantitative estimate of drug-likeness (QED) is 0.143. The molecule has 0 aromatic rings. The van der Waals surface area contributed by atoms with Crippen LogP contribution in [0, 0.1) is 7.43 Å². The molecule has 2 atom stereocenters. The second-order valence-electron chi connectivity index (χ2n) is 21.3. The van der Waals surface area contributed by atoms with Gasteiger partial charge in [-0.05, 0) is 12.8 Å². The number of aliphatic carboxylic acids is 6. The van der Waals surface area contributed by atoms with Crippen molar-refractivity contribution in [2.75, 3.05) is 0 Å². The van der Waals surface area contributed by atoms with Crippen molar-refractivity contribution in [3.63, 3.8) is 0 Å². The molecule has 6 aliphatic rings. The molecule has 43 N–H and O–H groups in total. The first-order valence-corrected chi connectivity index (χ1v) is 64.5. The van der Waals surface area contributed by atoms with Gasteiger partial charge in [-0.1, -0.05) is 228 Å². The fourth-order valence-electron chi connectivity index (χ4n) is 7.07. The van der Waals surface area contributed by atoms with E-state index in [1.54, 1.807) is 37.5 Å². The fourth-order valence-corrected chi connectivity index (χ4v) is 7.07. The first-order chi connectivity index (χ1) is 44.9. The van der Waals surface area contributed by atoms with E-state index in [2.05, 4.69) is 18.8 Å². The van der Waals surface area contributed by atoms with Crippen LogP contribution in [0.3, 0.4) is 0 Å². The van der Waals surface area contributed by atoms with Crippen LogP contribution in [0.1, 0.15) is 281 Å². The molecule has 0 aromatic carbocycles. The molecule has 0 bridgehead atoms. The fraction of sp³-hybridized carbons (Fsp3) is 0.881. The number of carboxylic acid groups (broad SMARTS) is 6. The maximum atomic E-state index is 9.60. The second-order valence-corrected chi connectivity index (χ2v) is 50.8. The number of nitrogens with one attached hydrogen (secondary N) is 9. The van der Waals surface area contributed by atoms with Crippen molar-refractivity contribution in [2.24, 2.45) is 0 Å². The Morgan fingerprint density at radius 3 is 0.451 bits per heavy atom. The van der Waals surface area contributed by atoms with E-state index in [1.165, 1.54) is 109 Å². The molecule has 35 nitrogen and oxygen atoms in total. The molecule has 0 spiro atoms. The molecule has 54 heteroatoms. The van der Waals surface area contributed by atoms with E-state index in [0.29, 0.717) is 12.8 Å². The minimum absolute atomic E-state index is 0. The van der Waals surface area contributed by atoms with E-state index < -0.39 is 97.2 Å². The van der Waals surface area contributed by atoms with E-state index in [4.69, 9.17) is 196 Å². The van der Waals surface area contributed by atoms with Crippen LogP contribution in [0.5, 0.6) is 0 Å². The molecule has 742 valence electrons. The predicted octanol–water partition coefficient (Wildman–Crippen LogP) is 24.1. The molecule has 0 saturated heterocycles. The zero-order valence-corrected chi connectivity index (χ0v) is 91.3. The first-order valence-electron chi connectivity index (χ1n) is 30.8. The minimum atomic E-state index is -3.06. The van der Waals surface area contributed by atoms with Gasteiger partial charge >= 0.3 is 245 Å². The van der Waals surface area contributed by atoms with Crippen molar-refractivity contribution < 1.29 is 229 Å². The summed E-state index contributed by atoms with van der Waals surface area (Å²) in [6.07, 6.45) is 37.7. The molecule has 0 amide bonds. The van der Waals surface area contributed by atoms with E-state index in [-0.39, 0.29) is 163 Å². The van der Waals surface area contributed by atoms with Gasteiger partial charge in [0.05, 0.1) is 0 Å². The molecule has 0 radical (unpaired) electrons. The van der Waals surface area contributed by atoms with E-state index in [0.717, 1.165) is 118 Å². The summed E-state index contributed by atoms with van der Waals surface area (Å²) >= 11 is -1.25. The number of carbonyl (C=O) groups is 6. The van der Waals surface area contributed by atoms with Crippen molar-refractivity contribution in [3.05, 3.63) is 89.8 Å². The van der Waals surface area contributed by atoms with Crippen molar-refractivity contribution in [1.82, 2.24) is 0 Å². The van der Waals surface area contributed by atoms with Gasteiger partial charge in [-0.25, -0.2) is 0 Å². The van der Waals surface area contributed by atoms with Gasteiger partial charge in [0.15, 0.2) is 0 Å². The maximum Gasteiger partial charge on any atom is 2.00 e. The third-order valence-corrected chi connectivity index (χ3v) is 10.7. The van der Waals surface area contributed by atoms with Gasteiger partial charge in [0.1, 0.15) is 0 Å². The first kappa shape index (κ1) is 208. The summed E-state index contributed by atoms with van der Waals surface area (Å²) in [6, 6.07) is 1.44. The van der Waals surface area contributed by atoms with Gasteiger partial charge in [0.2, 0.25) is 0 Å². The van der Waals surface area contributed by atoms with Crippen molar-refractivity contribution in [2.45, 2.75) is 336 Å². The van der Waals surface area contributed by atoms with Crippen LogP contribution in [-0.2, 0) is 149 Å². The number of rotatable bonds is 4. The number of hydrogen-bond donors (Lipinski definition) is 6. The average molecular weight is 3180 g/mol. The third kappa shape index (κ3) is 405. The van der Waals surface area contributed by atoms with Crippen LogP contribution in [0.25, 0.3) is 82.4 Å². The normalized spacial score (nSPS) is 14.4. The molecule has 113 heavy (non-hydrogen) atoms. The Morgan fingerprint density at radius 1 is 0.336 bits per heavy atom. The van der Waals surface area contributed by atoms with E-state index >= 15 is 0 Å². The predicted molar refractivity (Wildman–Crippen MR) is 463 cm³/mol. The van der Waals surface area contributed by atoms with Crippen LogP contribution in [0.2, 0.25) is 0 Å². The summed E-state index contributed by atoms with van der Waals surface area (Å²) in [5.74, 6) is -4.75. The Bertz CT molecular complexity index is 1350. The number of nitrogens with two attached hydrogens (primary N) is 5. The van der Waals surface area contributed by atoms with Crippen LogP contribution in [0.4, 0.5) is 0 Å². The zero-order valence-electron chi connectivity index (χ0n) is 66.3. The van der Waals surface area contributed by atoms with Gasteiger partial charge in [0.25, 0.3) is 23.9 Å². The second kappa shape index (κ2) is 185. The monoisotopic (exact) mass is 3180 g/mol. The van der Waals surface area contributed by atoms with Gasteiger partial charge in [-0.15, -0.1) is 42.3 Å². The summed E-state index contributed by atoms with van der Waals surface area (Å²) in [5.41, 5.74) is 64.1. The summed E-state index contributed by atoms with van der Waals surface area (Å²) < 4.78 is 0. The van der Waals surface area contributed by atoms with Crippen molar-refractivity contribution >= 4 is 149 Å². The summed E-state index contributed by atoms with van der Waals surface area (Å²) in [4.78, 5) is 55.2. The SMILES string of the molecule is CC(=O)O.CC(=O)O.CC(=O)O.CC(=O)O.CC(C)[NH-].CC(C)[NH-].CCCC(=O)O.CCCC(=O)O.O.O.O.O.O.O.O.O.O.[CH3-].[Cl][Pt+2]([Cl])([Cl])[Cl].[Cl][Pt+2][Cl].[Cl][Pt+2][Cl].[Cl][Pt+2][Cl].[Cl][Pt].[Cl][Pt].[NH-]C1CCCCC1.[NH-]C1CCCCC1.[NH-]C1CCCCC1.[NH-]C1CCCCC1.[NH-]C1CCCCC1.[NH-][C@@H]1CCCC[C@H]1[NH-].[NH2-].[NH2-].[NH2-].[NH2-].[NH2-].[Pt+2]. The summed E-state index contributed by atoms with van der Waals surface area (Å²) in [5, 5.41) is 45.5. The van der Waals surface area contributed by atoms with Gasteiger partial charge in [-0.2, -0.15) is 12.1 Å². The molecule has 6 saturated carbocycles. The Hall–Kier alpha value is 4.20. The van der Waals surface area contributed by atoms with Crippen LogP contribution < -0.4 is 0 Å². The molecule has 0 aromatic heterocycles. The van der Waals surface area contributed by atoms with Gasteiger partial charge < -0.3 is 170 Å². The van der Waals surface area contributed by atoms with Gasteiger partial charge in [0, 0.05) is 40.5 Å². The standard InChI is InChI=1S/C6H12N2.5C6H12N.2C4H8O2.2C3H8N.4C2H4O2.CH3.12ClH.5H2N.9H2O.7Pt/c7-5-3-1-2-4-6(5)8;5*7-6-4-2-1-3-5-6;2*1-2-3-4(5)6;2*1-3(2)4;4*1-2(3)4;;;;;;;;;;;;;;;;;;;;;;;;;;;;;;;;;;/h5-8H,1-4H2;5*6-7H,1-5H2;2*2-3H2,1H3,(H,5,6);2*3-4H,1-2H3;4*1H3,(H,3,4);1H3;12*1H;14*1H2;;;;;;;/q-2;5*-1;;;2*-1;;;;;-1;;;;;;;;;;;;;5*-1;;;;;;;;;;2*+1;+2;3*+4;+6/p-12/t5-,6-;;;;;;;;;;;;;;;;;;;;;;;;;;;;;;;;;;;;;;;;;;;;;;;/m1.............................................../s1. The number of hydrogen-bond acceptors (Lipinski definition) is 6. The smallest absolute Gasteiger partial charge is 0.693 e. The zero-order chi connectivity index (χ0) is 79.6. The van der Waals surface area contributed by atoms with Crippen LogP contribution in [0.15, 0.2) is 0 Å². The van der Waals surface area contributed by atoms with E-state index in [1.807, 2.05) is 41.5 Å². The number of carboxylic acids is 6. The molecule has 0 aliphatic heterocycles. The Balaban J connectivity index is -0.0000000230. The maximum absolute atomic E-state index is 9.60. The van der Waals surface area contributed by atoms with Gasteiger partial charge in [-0.3, -0.25) is 28.8 Å². The average Bonchev–Trinajstić information content (AvgIpc) is 0.946. The van der Waals surface area contributed by atoms with E-state index in [9.17, 15) is 9.59 Å². The molecule has 0 unspecified atom stereocenters. The molecular weight excluding hydrogens is 3030 g/mol. The number of halogens is 12. The minimum Gasteiger partial charge on any atom is -0.693 e. The molecular formula is C59H151Cl12N14O21Pt7-5. The van der Waals surface area contributed by atoms with Crippen LogP contribution in [-0.4, -0.2) is 170 Å².